The SMILES string of the molecule is CCCCOCCNC(=NC)NC(C)c1ccc(C)c(F)c1.I. The first-order valence-corrected chi connectivity index (χ1v) is 7.89. The molecule has 1 aromatic rings. The molecule has 0 aliphatic carbocycles. The smallest absolute Gasteiger partial charge is 0.191 e. The maximum absolute atomic E-state index is 13.6. The Hall–Kier alpha value is -0.890. The van der Waals surface area contributed by atoms with Crippen LogP contribution in [0.25, 0.3) is 0 Å². The molecule has 1 atom stereocenters. The number of unbranched alkanes of at least 4 members (excludes halogenated alkanes) is 1. The summed E-state index contributed by atoms with van der Waals surface area (Å²) in [6, 6.07) is 5.26. The molecule has 1 rings (SSSR count). The van der Waals surface area contributed by atoms with Crippen LogP contribution in [-0.4, -0.2) is 32.8 Å². The van der Waals surface area contributed by atoms with Crippen LogP contribution in [0.2, 0.25) is 0 Å². The van der Waals surface area contributed by atoms with Gasteiger partial charge in [-0.1, -0.05) is 25.5 Å². The zero-order chi connectivity index (χ0) is 16.4. The Labute approximate surface area is 156 Å². The normalized spacial score (nSPS) is 12.5. The third-order valence-corrected chi connectivity index (χ3v) is 3.45. The van der Waals surface area contributed by atoms with Crippen molar-refractivity contribution in [3.63, 3.8) is 0 Å². The van der Waals surface area contributed by atoms with Gasteiger partial charge in [0.05, 0.1) is 12.6 Å². The van der Waals surface area contributed by atoms with E-state index >= 15 is 0 Å². The molecule has 6 heteroatoms. The molecule has 0 aliphatic rings. The number of benzene rings is 1. The summed E-state index contributed by atoms with van der Waals surface area (Å²) in [7, 11) is 1.72. The lowest BCUT2D eigenvalue weighted by Crippen LogP contribution is -2.40. The van der Waals surface area contributed by atoms with E-state index in [2.05, 4.69) is 22.5 Å². The molecule has 0 spiro atoms. The minimum absolute atomic E-state index is 0. The second-order valence-corrected chi connectivity index (χ2v) is 5.34. The first-order valence-electron chi connectivity index (χ1n) is 7.89. The fraction of sp³-hybridized carbons (Fsp3) is 0.588. The Morgan fingerprint density at radius 3 is 2.70 bits per heavy atom. The van der Waals surface area contributed by atoms with E-state index in [1.54, 1.807) is 26.1 Å². The van der Waals surface area contributed by atoms with Crippen LogP contribution < -0.4 is 10.6 Å². The number of hydrogen-bond acceptors (Lipinski definition) is 2. The molecule has 0 bridgehead atoms. The number of ether oxygens (including phenoxy) is 1. The van der Waals surface area contributed by atoms with Crippen molar-refractivity contribution in [2.45, 2.75) is 39.7 Å². The standard InChI is InChI=1S/C17H28FN3O.HI/c1-5-6-10-22-11-9-20-17(19-4)21-14(3)15-8-7-13(2)16(18)12-15;/h7-8,12,14H,5-6,9-11H2,1-4H3,(H2,19,20,21);1H. The van der Waals surface area contributed by atoms with Crippen molar-refractivity contribution in [3.8, 4) is 0 Å². The highest BCUT2D eigenvalue weighted by molar-refractivity contribution is 14.0. The van der Waals surface area contributed by atoms with Gasteiger partial charge in [-0.2, -0.15) is 0 Å². The molecule has 0 radical (unpaired) electrons. The molecule has 2 N–H and O–H groups in total. The van der Waals surface area contributed by atoms with Crippen LogP contribution in [0.3, 0.4) is 0 Å². The maximum Gasteiger partial charge on any atom is 0.191 e. The summed E-state index contributed by atoms with van der Waals surface area (Å²) in [5.74, 6) is 0.506. The number of rotatable bonds is 8. The van der Waals surface area contributed by atoms with Crippen LogP contribution in [0.1, 0.15) is 43.9 Å². The average molecular weight is 437 g/mol. The monoisotopic (exact) mass is 437 g/mol. The summed E-state index contributed by atoms with van der Waals surface area (Å²) >= 11 is 0. The lowest BCUT2D eigenvalue weighted by molar-refractivity contribution is 0.136. The quantitative estimate of drug-likeness (QED) is 0.282. The second-order valence-electron chi connectivity index (χ2n) is 5.34. The van der Waals surface area contributed by atoms with E-state index in [1.807, 2.05) is 13.0 Å². The third kappa shape index (κ3) is 8.50. The zero-order valence-corrected chi connectivity index (χ0v) is 16.8. The van der Waals surface area contributed by atoms with Gasteiger partial charge in [0.25, 0.3) is 0 Å². The van der Waals surface area contributed by atoms with Gasteiger partial charge in [0.2, 0.25) is 0 Å². The van der Waals surface area contributed by atoms with E-state index in [1.165, 1.54) is 0 Å². The number of hydrogen-bond donors (Lipinski definition) is 2. The number of aliphatic imine (C=N–C) groups is 1. The summed E-state index contributed by atoms with van der Waals surface area (Å²) < 4.78 is 19.1. The minimum Gasteiger partial charge on any atom is -0.380 e. The Morgan fingerprint density at radius 2 is 2.09 bits per heavy atom. The van der Waals surface area contributed by atoms with Crippen molar-refractivity contribution in [1.82, 2.24) is 10.6 Å². The van der Waals surface area contributed by atoms with E-state index in [4.69, 9.17) is 4.74 Å². The lowest BCUT2D eigenvalue weighted by Gasteiger charge is -2.18. The van der Waals surface area contributed by atoms with Gasteiger partial charge >= 0.3 is 0 Å². The summed E-state index contributed by atoms with van der Waals surface area (Å²) in [5, 5.41) is 6.44. The van der Waals surface area contributed by atoms with Gasteiger partial charge in [-0.3, -0.25) is 4.99 Å². The van der Waals surface area contributed by atoms with Crippen LogP contribution in [-0.2, 0) is 4.74 Å². The maximum atomic E-state index is 13.6. The van der Waals surface area contributed by atoms with Gasteiger partial charge in [0.15, 0.2) is 5.96 Å². The van der Waals surface area contributed by atoms with Crippen LogP contribution in [0.5, 0.6) is 0 Å². The number of aryl methyl sites for hydroxylation is 1. The van der Waals surface area contributed by atoms with Crippen molar-refractivity contribution in [2.75, 3.05) is 26.8 Å². The highest BCUT2D eigenvalue weighted by atomic mass is 127. The van der Waals surface area contributed by atoms with Crippen LogP contribution in [0.4, 0.5) is 4.39 Å². The highest BCUT2D eigenvalue weighted by Crippen LogP contribution is 2.16. The first-order chi connectivity index (χ1) is 10.6. The van der Waals surface area contributed by atoms with Gasteiger partial charge in [-0.25, -0.2) is 4.39 Å². The van der Waals surface area contributed by atoms with E-state index in [-0.39, 0.29) is 35.8 Å². The number of guanidine groups is 1. The predicted octanol–water partition coefficient (Wildman–Crippen LogP) is 3.79. The average Bonchev–Trinajstić information content (AvgIpc) is 2.51. The van der Waals surface area contributed by atoms with E-state index in [0.717, 1.165) is 25.0 Å². The molecule has 0 saturated heterocycles. The number of halogens is 2. The molecular formula is C17H29FIN3O. The second kappa shape index (κ2) is 12.5. The number of nitrogens with one attached hydrogen (secondary N) is 2. The van der Waals surface area contributed by atoms with Gasteiger partial charge in [0.1, 0.15) is 5.82 Å². The van der Waals surface area contributed by atoms with Crippen molar-refractivity contribution in [2.24, 2.45) is 4.99 Å². The molecule has 0 aromatic heterocycles. The summed E-state index contributed by atoms with van der Waals surface area (Å²) in [5.41, 5.74) is 1.55. The highest BCUT2D eigenvalue weighted by Gasteiger charge is 2.09. The molecule has 0 amide bonds. The third-order valence-electron chi connectivity index (χ3n) is 3.45. The first kappa shape index (κ1) is 22.1. The zero-order valence-electron chi connectivity index (χ0n) is 14.5. The summed E-state index contributed by atoms with van der Waals surface area (Å²) in [4.78, 5) is 4.17. The van der Waals surface area contributed by atoms with Gasteiger partial charge in [-0.15, -0.1) is 24.0 Å². The largest absolute Gasteiger partial charge is 0.380 e. The summed E-state index contributed by atoms with van der Waals surface area (Å²) in [6.07, 6.45) is 2.23. The molecule has 23 heavy (non-hydrogen) atoms. The van der Waals surface area contributed by atoms with Crippen molar-refractivity contribution in [1.29, 1.82) is 0 Å². The van der Waals surface area contributed by atoms with Crippen LogP contribution in [0.15, 0.2) is 23.2 Å². The molecule has 0 saturated carbocycles. The molecule has 0 heterocycles. The fourth-order valence-electron chi connectivity index (χ4n) is 1.95. The van der Waals surface area contributed by atoms with Crippen molar-refractivity contribution < 1.29 is 9.13 Å². The van der Waals surface area contributed by atoms with Crippen molar-refractivity contribution >= 4 is 29.9 Å². The summed E-state index contributed by atoms with van der Waals surface area (Å²) in [6.45, 7) is 8.02. The van der Waals surface area contributed by atoms with Gasteiger partial charge in [-0.05, 0) is 37.5 Å². The predicted molar refractivity (Wildman–Crippen MR) is 105 cm³/mol. The van der Waals surface area contributed by atoms with E-state index < -0.39 is 0 Å². The molecular weight excluding hydrogens is 408 g/mol. The van der Waals surface area contributed by atoms with Crippen LogP contribution >= 0.6 is 24.0 Å². The van der Waals surface area contributed by atoms with E-state index in [0.29, 0.717) is 24.7 Å². The molecule has 132 valence electrons. The van der Waals surface area contributed by atoms with Crippen molar-refractivity contribution in [3.05, 3.63) is 35.1 Å². The lowest BCUT2D eigenvalue weighted by atomic mass is 10.1. The van der Waals surface area contributed by atoms with Gasteiger partial charge < -0.3 is 15.4 Å². The van der Waals surface area contributed by atoms with Crippen LogP contribution in [0, 0.1) is 12.7 Å². The molecule has 0 fully saturated rings. The minimum atomic E-state index is -0.182. The molecule has 0 aliphatic heterocycles. The fourth-order valence-corrected chi connectivity index (χ4v) is 1.95. The Morgan fingerprint density at radius 1 is 1.35 bits per heavy atom. The van der Waals surface area contributed by atoms with Gasteiger partial charge in [0, 0.05) is 20.2 Å². The molecule has 1 unspecified atom stereocenters. The number of nitrogens with zero attached hydrogens (tertiary/aromatic N) is 1. The molecule has 4 nitrogen and oxygen atoms in total. The topological polar surface area (TPSA) is 45.6 Å². The molecule has 1 aromatic carbocycles. The Bertz CT molecular complexity index is 483. The van der Waals surface area contributed by atoms with E-state index in [9.17, 15) is 4.39 Å². The Kier molecular flexibility index (Phi) is 12.0. The Balaban J connectivity index is 0.00000484.